The van der Waals surface area contributed by atoms with Crippen molar-refractivity contribution in [2.45, 2.75) is 13.0 Å². The Morgan fingerprint density at radius 2 is 2.14 bits per heavy atom. The van der Waals surface area contributed by atoms with Gasteiger partial charge >= 0.3 is 0 Å². The molecule has 14 heavy (non-hydrogen) atoms. The summed E-state index contributed by atoms with van der Waals surface area (Å²) in [6.45, 7) is 2.00. The SMILES string of the molecule is CN[C@H](C)c1cc(Cl)c(O)c(OC)c1. The zero-order chi connectivity index (χ0) is 10.7. The molecule has 1 aromatic carbocycles. The molecule has 0 heterocycles. The first-order valence-corrected chi connectivity index (χ1v) is 4.71. The number of hydrogen-bond donors (Lipinski definition) is 2. The van der Waals surface area contributed by atoms with E-state index >= 15 is 0 Å². The van der Waals surface area contributed by atoms with E-state index < -0.39 is 0 Å². The molecule has 0 aliphatic rings. The van der Waals surface area contributed by atoms with Crippen molar-refractivity contribution < 1.29 is 9.84 Å². The van der Waals surface area contributed by atoms with Crippen molar-refractivity contribution in [2.24, 2.45) is 0 Å². The molecule has 0 spiro atoms. The van der Waals surface area contributed by atoms with E-state index in [9.17, 15) is 5.11 Å². The third-order valence-electron chi connectivity index (χ3n) is 2.20. The molecule has 0 saturated carbocycles. The van der Waals surface area contributed by atoms with Crippen molar-refractivity contribution in [3.63, 3.8) is 0 Å². The largest absolute Gasteiger partial charge is 0.503 e. The Bertz CT molecular complexity index is 328. The number of halogens is 1. The van der Waals surface area contributed by atoms with Crippen LogP contribution in [0.4, 0.5) is 0 Å². The zero-order valence-corrected chi connectivity index (χ0v) is 9.22. The molecule has 1 rings (SSSR count). The summed E-state index contributed by atoms with van der Waals surface area (Å²) >= 11 is 5.84. The quantitative estimate of drug-likeness (QED) is 0.813. The Hall–Kier alpha value is -0.930. The summed E-state index contributed by atoms with van der Waals surface area (Å²) in [5, 5.41) is 12.9. The van der Waals surface area contributed by atoms with Crippen LogP contribution in [0.2, 0.25) is 5.02 Å². The Kier molecular flexibility index (Phi) is 3.61. The van der Waals surface area contributed by atoms with E-state index in [1.807, 2.05) is 14.0 Å². The highest BCUT2D eigenvalue weighted by atomic mass is 35.5. The molecule has 0 radical (unpaired) electrons. The number of phenols is 1. The molecule has 1 aromatic rings. The first kappa shape index (κ1) is 11.1. The number of benzene rings is 1. The van der Waals surface area contributed by atoms with Gasteiger partial charge < -0.3 is 15.2 Å². The Morgan fingerprint density at radius 1 is 1.50 bits per heavy atom. The van der Waals surface area contributed by atoms with Crippen molar-refractivity contribution in [1.82, 2.24) is 5.32 Å². The Balaban J connectivity index is 3.16. The van der Waals surface area contributed by atoms with Gasteiger partial charge in [0.15, 0.2) is 11.5 Å². The number of phenolic OH excluding ortho intramolecular Hbond substituents is 1. The van der Waals surface area contributed by atoms with E-state index in [0.717, 1.165) is 5.56 Å². The van der Waals surface area contributed by atoms with Gasteiger partial charge in [-0.05, 0) is 31.7 Å². The summed E-state index contributed by atoms with van der Waals surface area (Å²) in [5.74, 6) is 0.385. The second kappa shape index (κ2) is 4.53. The van der Waals surface area contributed by atoms with Gasteiger partial charge in [-0.25, -0.2) is 0 Å². The lowest BCUT2D eigenvalue weighted by Crippen LogP contribution is -2.12. The summed E-state index contributed by atoms with van der Waals surface area (Å²) in [7, 11) is 3.36. The normalized spacial score (nSPS) is 12.6. The van der Waals surface area contributed by atoms with Crippen molar-refractivity contribution in [3.05, 3.63) is 22.7 Å². The number of nitrogens with one attached hydrogen (secondary N) is 1. The fourth-order valence-electron chi connectivity index (χ4n) is 1.17. The van der Waals surface area contributed by atoms with Gasteiger partial charge in [-0.15, -0.1) is 0 Å². The minimum atomic E-state index is -0.0128. The summed E-state index contributed by atoms with van der Waals surface area (Å²) in [4.78, 5) is 0. The molecule has 0 aliphatic heterocycles. The molecule has 0 aliphatic carbocycles. The van der Waals surface area contributed by atoms with Crippen LogP contribution in [0.25, 0.3) is 0 Å². The lowest BCUT2D eigenvalue weighted by molar-refractivity contribution is 0.372. The molecular formula is C10H14ClNO2. The van der Waals surface area contributed by atoms with Gasteiger partial charge in [-0.3, -0.25) is 0 Å². The van der Waals surface area contributed by atoms with Gasteiger partial charge in [0.25, 0.3) is 0 Å². The van der Waals surface area contributed by atoms with Crippen molar-refractivity contribution in [1.29, 1.82) is 0 Å². The third kappa shape index (κ3) is 2.11. The fourth-order valence-corrected chi connectivity index (χ4v) is 1.39. The first-order chi connectivity index (χ1) is 6.60. The van der Waals surface area contributed by atoms with Crippen LogP contribution in [0.15, 0.2) is 12.1 Å². The van der Waals surface area contributed by atoms with E-state index in [4.69, 9.17) is 16.3 Å². The van der Waals surface area contributed by atoms with Gasteiger partial charge in [0, 0.05) is 6.04 Å². The molecule has 0 amide bonds. The second-order valence-electron chi connectivity index (χ2n) is 3.06. The van der Waals surface area contributed by atoms with Crippen LogP contribution in [0.1, 0.15) is 18.5 Å². The standard InChI is InChI=1S/C10H14ClNO2/c1-6(12-2)7-4-8(11)10(13)9(5-7)14-3/h4-6,12-13H,1-3H3/t6-/m1/s1. The second-order valence-corrected chi connectivity index (χ2v) is 3.47. The highest BCUT2D eigenvalue weighted by Crippen LogP contribution is 2.36. The van der Waals surface area contributed by atoms with Crippen LogP contribution in [0.5, 0.6) is 11.5 Å². The molecule has 0 unspecified atom stereocenters. The van der Waals surface area contributed by atoms with Crippen LogP contribution in [-0.2, 0) is 0 Å². The lowest BCUT2D eigenvalue weighted by Gasteiger charge is -2.13. The van der Waals surface area contributed by atoms with Gasteiger partial charge in [0.2, 0.25) is 0 Å². The third-order valence-corrected chi connectivity index (χ3v) is 2.49. The zero-order valence-electron chi connectivity index (χ0n) is 8.47. The first-order valence-electron chi connectivity index (χ1n) is 4.33. The van der Waals surface area contributed by atoms with Crippen LogP contribution in [0, 0.1) is 0 Å². The molecule has 0 saturated heterocycles. The topological polar surface area (TPSA) is 41.5 Å². The average Bonchev–Trinajstić information content (AvgIpc) is 2.20. The van der Waals surface area contributed by atoms with E-state index in [2.05, 4.69) is 5.32 Å². The Morgan fingerprint density at radius 3 is 2.64 bits per heavy atom. The molecule has 2 N–H and O–H groups in total. The van der Waals surface area contributed by atoms with Crippen LogP contribution < -0.4 is 10.1 Å². The van der Waals surface area contributed by atoms with Gasteiger partial charge in [0.1, 0.15) is 0 Å². The Labute approximate surface area is 88.7 Å². The van der Waals surface area contributed by atoms with Crippen LogP contribution in [0.3, 0.4) is 0 Å². The van der Waals surface area contributed by atoms with Crippen molar-refractivity contribution >= 4 is 11.6 Å². The van der Waals surface area contributed by atoms with Gasteiger partial charge in [-0.1, -0.05) is 11.6 Å². The maximum Gasteiger partial charge on any atom is 0.176 e. The van der Waals surface area contributed by atoms with E-state index in [-0.39, 0.29) is 11.8 Å². The number of rotatable bonds is 3. The van der Waals surface area contributed by atoms with E-state index in [1.54, 1.807) is 12.1 Å². The molecule has 3 nitrogen and oxygen atoms in total. The highest BCUT2D eigenvalue weighted by molar-refractivity contribution is 6.32. The van der Waals surface area contributed by atoms with Crippen molar-refractivity contribution in [2.75, 3.05) is 14.2 Å². The summed E-state index contributed by atoms with van der Waals surface area (Å²) in [5.41, 5.74) is 0.979. The number of aromatic hydroxyl groups is 1. The fraction of sp³-hybridized carbons (Fsp3) is 0.400. The molecular weight excluding hydrogens is 202 g/mol. The van der Waals surface area contributed by atoms with Crippen LogP contribution in [-0.4, -0.2) is 19.3 Å². The van der Waals surface area contributed by atoms with E-state index in [1.165, 1.54) is 7.11 Å². The minimum Gasteiger partial charge on any atom is -0.503 e. The minimum absolute atomic E-state index is 0.0128. The van der Waals surface area contributed by atoms with Gasteiger partial charge in [-0.2, -0.15) is 0 Å². The maximum absolute atomic E-state index is 9.50. The molecule has 4 heteroatoms. The van der Waals surface area contributed by atoms with Gasteiger partial charge in [0.05, 0.1) is 12.1 Å². The summed E-state index contributed by atoms with van der Waals surface area (Å²) in [6.07, 6.45) is 0. The van der Waals surface area contributed by atoms with Crippen LogP contribution >= 0.6 is 11.6 Å². The van der Waals surface area contributed by atoms with E-state index in [0.29, 0.717) is 10.8 Å². The predicted molar refractivity (Wildman–Crippen MR) is 57.1 cm³/mol. The highest BCUT2D eigenvalue weighted by Gasteiger charge is 2.11. The molecule has 0 aromatic heterocycles. The smallest absolute Gasteiger partial charge is 0.176 e. The average molecular weight is 216 g/mol. The molecule has 78 valence electrons. The summed E-state index contributed by atoms with van der Waals surface area (Å²) in [6, 6.07) is 3.66. The lowest BCUT2D eigenvalue weighted by atomic mass is 10.1. The number of hydrogen-bond acceptors (Lipinski definition) is 3. The maximum atomic E-state index is 9.50. The predicted octanol–water partition coefficient (Wildman–Crippen LogP) is 2.33. The molecule has 0 bridgehead atoms. The summed E-state index contributed by atoms with van der Waals surface area (Å²) < 4.78 is 5.00. The monoisotopic (exact) mass is 215 g/mol. The molecule has 1 atom stereocenters. The molecule has 0 fully saturated rings. The van der Waals surface area contributed by atoms with Crippen molar-refractivity contribution in [3.8, 4) is 11.5 Å². The number of methoxy groups -OCH3 is 1. The number of ether oxygens (including phenoxy) is 1.